The molecule has 5 nitrogen and oxygen atoms in total. The average Bonchev–Trinajstić information content (AvgIpc) is 3.03. The number of rotatable bonds is 2. The smallest absolute Gasteiger partial charge is 0.256 e. The SMILES string of the molecule is Cc1ccncc1C(=O)N1C2CCC1c1cnc(-c3ccccc3)nc1C2. The fourth-order valence-corrected chi connectivity index (χ4v) is 4.34. The molecule has 3 aromatic rings. The van der Waals surface area contributed by atoms with Crippen molar-refractivity contribution in [3.8, 4) is 11.4 Å². The highest BCUT2D eigenvalue weighted by Crippen LogP contribution is 2.44. The molecule has 27 heavy (non-hydrogen) atoms. The first-order chi connectivity index (χ1) is 13.2. The number of carbonyl (C=O) groups excluding carboxylic acids is 1. The van der Waals surface area contributed by atoms with Crippen molar-refractivity contribution in [1.29, 1.82) is 0 Å². The van der Waals surface area contributed by atoms with Crippen LogP contribution in [0.4, 0.5) is 0 Å². The molecule has 5 heteroatoms. The summed E-state index contributed by atoms with van der Waals surface area (Å²) in [5.41, 5.74) is 4.87. The van der Waals surface area contributed by atoms with Gasteiger partial charge in [-0.1, -0.05) is 30.3 Å². The first kappa shape index (κ1) is 16.1. The van der Waals surface area contributed by atoms with Gasteiger partial charge in [0.2, 0.25) is 0 Å². The van der Waals surface area contributed by atoms with Crippen LogP contribution in [-0.2, 0) is 6.42 Å². The van der Waals surface area contributed by atoms with Crippen LogP contribution in [0.15, 0.2) is 55.0 Å². The molecule has 0 saturated carbocycles. The zero-order valence-electron chi connectivity index (χ0n) is 15.2. The summed E-state index contributed by atoms with van der Waals surface area (Å²) in [7, 11) is 0. The lowest BCUT2D eigenvalue weighted by Crippen LogP contribution is -2.42. The molecule has 2 unspecified atom stereocenters. The van der Waals surface area contributed by atoms with Crippen LogP contribution < -0.4 is 0 Å². The Morgan fingerprint density at radius 1 is 1.11 bits per heavy atom. The highest BCUT2D eigenvalue weighted by Gasteiger charge is 2.44. The van der Waals surface area contributed by atoms with Gasteiger partial charge in [-0.3, -0.25) is 9.78 Å². The minimum atomic E-state index is 0.0654. The molecule has 1 aromatic carbocycles. The van der Waals surface area contributed by atoms with Crippen molar-refractivity contribution in [3.05, 3.63) is 77.4 Å². The summed E-state index contributed by atoms with van der Waals surface area (Å²) in [6, 6.07) is 12.2. The van der Waals surface area contributed by atoms with Crippen LogP contribution in [0.2, 0.25) is 0 Å². The maximum absolute atomic E-state index is 13.2. The van der Waals surface area contributed by atoms with E-state index in [-0.39, 0.29) is 18.0 Å². The Hall–Kier alpha value is -3.08. The lowest BCUT2D eigenvalue weighted by atomic mass is 9.97. The van der Waals surface area contributed by atoms with Gasteiger partial charge >= 0.3 is 0 Å². The van der Waals surface area contributed by atoms with Crippen molar-refractivity contribution in [2.75, 3.05) is 0 Å². The molecule has 1 saturated heterocycles. The largest absolute Gasteiger partial charge is 0.328 e. The monoisotopic (exact) mass is 356 g/mol. The summed E-state index contributed by atoms with van der Waals surface area (Å²) in [4.78, 5) is 28.9. The van der Waals surface area contributed by atoms with E-state index in [0.29, 0.717) is 5.56 Å². The number of benzene rings is 1. The molecule has 2 atom stereocenters. The Labute approximate surface area is 158 Å². The van der Waals surface area contributed by atoms with E-state index in [9.17, 15) is 4.79 Å². The zero-order valence-corrected chi connectivity index (χ0v) is 15.2. The third-order valence-corrected chi connectivity index (χ3v) is 5.73. The van der Waals surface area contributed by atoms with Crippen LogP contribution in [0.3, 0.4) is 0 Å². The number of hydrogen-bond donors (Lipinski definition) is 0. The molecule has 0 N–H and O–H groups in total. The van der Waals surface area contributed by atoms with E-state index >= 15 is 0 Å². The molecular weight excluding hydrogens is 336 g/mol. The van der Waals surface area contributed by atoms with Gasteiger partial charge in [-0.2, -0.15) is 0 Å². The van der Waals surface area contributed by atoms with Crippen LogP contribution in [0.5, 0.6) is 0 Å². The zero-order chi connectivity index (χ0) is 18.4. The summed E-state index contributed by atoms with van der Waals surface area (Å²) >= 11 is 0. The number of aromatic nitrogens is 3. The fraction of sp³-hybridized carbons (Fsp3) is 0.273. The van der Waals surface area contributed by atoms with E-state index < -0.39 is 0 Å². The number of carbonyl (C=O) groups is 1. The van der Waals surface area contributed by atoms with Gasteiger partial charge in [0.05, 0.1) is 17.3 Å². The predicted molar refractivity (Wildman–Crippen MR) is 102 cm³/mol. The van der Waals surface area contributed by atoms with Gasteiger partial charge in [0.25, 0.3) is 5.91 Å². The maximum Gasteiger partial charge on any atom is 0.256 e. The molecule has 1 amide bonds. The normalized spacial score (nSPS) is 20.4. The predicted octanol–water partition coefficient (Wildman–Crippen LogP) is 3.75. The number of pyridine rings is 1. The van der Waals surface area contributed by atoms with Crippen molar-refractivity contribution < 1.29 is 4.79 Å². The van der Waals surface area contributed by atoms with Gasteiger partial charge in [-0.25, -0.2) is 9.97 Å². The maximum atomic E-state index is 13.2. The van der Waals surface area contributed by atoms with Crippen molar-refractivity contribution in [3.63, 3.8) is 0 Å². The van der Waals surface area contributed by atoms with Gasteiger partial charge in [0.15, 0.2) is 5.82 Å². The van der Waals surface area contributed by atoms with E-state index in [0.717, 1.165) is 47.5 Å². The molecule has 4 heterocycles. The number of nitrogens with zero attached hydrogens (tertiary/aromatic N) is 4. The second-order valence-corrected chi connectivity index (χ2v) is 7.32. The molecule has 2 aromatic heterocycles. The third-order valence-electron chi connectivity index (χ3n) is 5.73. The molecule has 2 aliphatic rings. The summed E-state index contributed by atoms with van der Waals surface area (Å²) in [5.74, 6) is 0.836. The molecule has 134 valence electrons. The summed E-state index contributed by atoms with van der Waals surface area (Å²) in [6.45, 7) is 1.96. The van der Waals surface area contributed by atoms with Gasteiger partial charge < -0.3 is 4.90 Å². The van der Waals surface area contributed by atoms with Crippen molar-refractivity contribution in [1.82, 2.24) is 19.9 Å². The summed E-state index contributed by atoms with van der Waals surface area (Å²) in [6.07, 6.45) is 8.10. The first-order valence-corrected chi connectivity index (χ1v) is 9.37. The van der Waals surface area contributed by atoms with Crippen LogP contribution in [-0.4, -0.2) is 31.8 Å². The van der Waals surface area contributed by atoms with E-state index in [1.165, 1.54) is 0 Å². The van der Waals surface area contributed by atoms with Crippen LogP contribution in [0.25, 0.3) is 11.4 Å². The number of aryl methyl sites for hydroxylation is 1. The van der Waals surface area contributed by atoms with Crippen molar-refractivity contribution in [2.45, 2.75) is 38.3 Å². The molecule has 5 rings (SSSR count). The average molecular weight is 356 g/mol. The van der Waals surface area contributed by atoms with Gasteiger partial charge in [0.1, 0.15) is 0 Å². The first-order valence-electron chi connectivity index (χ1n) is 9.37. The van der Waals surface area contributed by atoms with E-state index in [4.69, 9.17) is 4.98 Å². The quantitative estimate of drug-likeness (QED) is 0.702. The van der Waals surface area contributed by atoms with Crippen molar-refractivity contribution >= 4 is 5.91 Å². The Bertz CT molecular complexity index is 1020. The molecule has 1 fully saturated rings. The standard InChI is InChI=1S/C22H20N4O/c1-14-9-10-23-12-17(14)22(27)26-16-7-8-20(26)18-13-24-21(25-19(18)11-16)15-5-3-2-4-6-15/h2-6,9-10,12-13,16,20H,7-8,11H2,1H3. The Morgan fingerprint density at radius 3 is 2.78 bits per heavy atom. The number of amides is 1. The number of hydrogen-bond acceptors (Lipinski definition) is 4. The van der Waals surface area contributed by atoms with Crippen molar-refractivity contribution in [2.24, 2.45) is 0 Å². The molecule has 0 radical (unpaired) electrons. The Morgan fingerprint density at radius 2 is 1.96 bits per heavy atom. The third kappa shape index (κ3) is 2.62. The Kier molecular flexibility index (Phi) is 3.74. The lowest BCUT2D eigenvalue weighted by Gasteiger charge is -2.36. The van der Waals surface area contributed by atoms with Gasteiger partial charge in [-0.05, 0) is 31.4 Å². The van der Waals surface area contributed by atoms with E-state index in [2.05, 4.69) is 9.97 Å². The van der Waals surface area contributed by atoms with Crippen LogP contribution in [0, 0.1) is 6.92 Å². The molecule has 0 spiro atoms. The molecular formula is C22H20N4O. The number of fused-ring (bicyclic) bond motifs is 4. The summed E-state index contributed by atoms with van der Waals surface area (Å²) in [5, 5.41) is 0. The molecule has 2 bridgehead atoms. The lowest BCUT2D eigenvalue weighted by molar-refractivity contribution is 0.0642. The molecule has 2 aliphatic heterocycles. The minimum absolute atomic E-state index is 0.0654. The fourth-order valence-electron chi connectivity index (χ4n) is 4.34. The van der Waals surface area contributed by atoms with Gasteiger partial charge in [0, 0.05) is 42.2 Å². The van der Waals surface area contributed by atoms with Gasteiger partial charge in [-0.15, -0.1) is 0 Å². The second kappa shape index (κ2) is 6.27. The highest BCUT2D eigenvalue weighted by molar-refractivity contribution is 5.96. The highest BCUT2D eigenvalue weighted by atomic mass is 16.2. The van der Waals surface area contributed by atoms with E-state index in [1.807, 2.05) is 54.4 Å². The Balaban J connectivity index is 1.51. The molecule has 0 aliphatic carbocycles. The summed E-state index contributed by atoms with van der Waals surface area (Å²) < 4.78 is 0. The van der Waals surface area contributed by atoms with Crippen LogP contribution >= 0.6 is 0 Å². The van der Waals surface area contributed by atoms with E-state index in [1.54, 1.807) is 12.4 Å². The van der Waals surface area contributed by atoms with Crippen LogP contribution in [0.1, 0.15) is 46.1 Å². The minimum Gasteiger partial charge on any atom is -0.328 e. The topological polar surface area (TPSA) is 59.0 Å². The second-order valence-electron chi connectivity index (χ2n) is 7.32.